The molecule has 0 saturated carbocycles. The van der Waals surface area contributed by atoms with Crippen molar-refractivity contribution in [1.82, 2.24) is 9.80 Å². The molecule has 3 rings (SSSR count). The Balaban J connectivity index is 2.03. The third-order valence-electron chi connectivity index (χ3n) is 6.36. The molecule has 25 heavy (non-hydrogen) atoms. The van der Waals surface area contributed by atoms with Gasteiger partial charge in [-0.1, -0.05) is 13.0 Å². The second-order valence-corrected chi connectivity index (χ2v) is 8.07. The number of allylic oxidation sites excluding steroid dienone is 1. The van der Waals surface area contributed by atoms with Crippen LogP contribution in [0.15, 0.2) is 23.9 Å². The van der Waals surface area contributed by atoms with Crippen molar-refractivity contribution in [2.45, 2.75) is 58.8 Å². The van der Waals surface area contributed by atoms with Crippen LogP contribution < -0.4 is 0 Å². The molecule has 2 heterocycles. The standard InChI is InChI=1S/C21H32N2O2/c1-4-12-23-15-16(2)21(20(23)25)11-7-8-18(10-9-17(3)24)19(21)22-13-5-6-14-22/h4,16H,1,5-15H2,2-3H3. The average molecular weight is 344 g/mol. The molecule has 2 aliphatic heterocycles. The van der Waals surface area contributed by atoms with Crippen molar-refractivity contribution >= 4 is 11.7 Å². The quantitative estimate of drug-likeness (QED) is 0.692. The fraction of sp³-hybridized carbons (Fsp3) is 0.714. The molecule has 3 aliphatic rings. The van der Waals surface area contributed by atoms with Gasteiger partial charge in [-0.25, -0.2) is 0 Å². The number of Topliss-reactive ketones (excluding diaryl/α,β-unsaturated/α-hetero) is 1. The zero-order valence-electron chi connectivity index (χ0n) is 15.9. The van der Waals surface area contributed by atoms with Crippen LogP contribution in [0, 0.1) is 11.3 Å². The normalized spacial score (nSPS) is 29.8. The second kappa shape index (κ2) is 7.35. The van der Waals surface area contributed by atoms with Crippen LogP contribution in [0.5, 0.6) is 0 Å². The second-order valence-electron chi connectivity index (χ2n) is 8.07. The Morgan fingerprint density at radius 3 is 2.68 bits per heavy atom. The highest BCUT2D eigenvalue weighted by atomic mass is 16.2. The Morgan fingerprint density at radius 1 is 1.32 bits per heavy atom. The number of rotatable bonds is 6. The van der Waals surface area contributed by atoms with Gasteiger partial charge in [-0.05, 0) is 56.9 Å². The number of nitrogens with zero attached hydrogens (tertiary/aromatic N) is 2. The van der Waals surface area contributed by atoms with Gasteiger partial charge in [0.1, 0.15) is 5.78 Å². The van der Waals surface area contributed by atoms with Crippen molar-refractivity contribution in [3.8, 4) is 0 Å². The Kier molecular flexibility index (Phi) is 5.35. The summed E-state index contributed by atoms with van der Waals surface area (Å²) in [5.74, 6) is 0.858. The van der Waals surface area contributed by atoms with Crippen LogP contribution in [0.4, 0.5) is 0 Å². The van der Waals surface area contributed by atoms with E-state index in [9.17, 15) is 9.59 Å². The number of hydrogen-bond donors (Lipinski definition) is 0. The minimum Gasteiger partial charge on any atom is -0.374 e. The Hall–Kier alpha value is -1.58. The summed E-state index contributed by atoms with van der Waals surface area (Å²) in [4.78, 5) is 29.5. The van der Waals surface area contributed by atoms with Gasteiger partial charge in [0.2, 0.25) is 5.91 Å². The minimum atomic E-state index is -0.363. The topological polar surface area (TPSA) is 40.6 Å². The lowest BCUT2D eigenvalue weighted by atomic mass is 9.66. The van der Waals surface area contributed by atoms with Crippen LogP contribution in [-0.4, -0.2) is 47.7 Å². The molecule has 1 aliphatic carbocycles. The summed E-state index contributed by atoms with van der Waals surface area (Å²) in [6.07, 6.45) is 8.73. The molecule has 1 amide bonds. The van der Waals surface area contributed by atoms with Crippen molar-refractivity contribution in [2.24, 2.45) is 11.3 Å². The number of carbonyl (C=O) groups is 2. The Bertz CT molecular complexity index is 589. The lowest BCUT2D eigenvalue weighted by Gasteiger charge is -2.44. The first-order chi connectivity index (χ1) is 12.0. The van der Waals surface area contributed by atoms with Gasteiger partial charge in [0, 0.05) is 38.3 Å². The van der Waals surface area contributed by atoms with E-state index in [1.807, 2.05) is 11.0 Å². The molecule has 138 valence electrons. The van der Waals surface area contributed by atoms with Gasteiger partial charge in [-0.2, -0.15) is 0 Å². The number of carbonyl (C=O) groups excluding carboxylic acids is 2. The highest BCUT2D eigenvalue weighted by Gasteiger charge is 2.56. The van der Waals surface area contributed by atoms with Crippen molar-refractivity contribution < 1.29 is 9.59 Å². The highest BCUT2D eigenvalue weighted by Crippen LogP contribution is 2.53. The molecular weight excluding hydrogens is 312 g/mol. The first-order valence-corrected chi connectivity index (χ1v) is 9.88. The zero-order chi connectivity index (χ0) is 18.0. The number of likely N-dealkylation sites (tertiary alicyclic amines) is 2. The summed E-state index contributed by atoms with van der Waals surface area (Å²) in [6.45, 7) is 11.3. The van der Waals surface area contributed by atoms with E-state index in [4.69, 9.17) is 0 Å². The molecule has 0 bridgehead atoms. The van der Waals surface area contributed by atoms with Gasteiger partial charge in [0.25, 0.3) is 0 Å². The van der Waals surface area contributed by atoms with Gasteiger partial charge in [-0.15, -0.1) is 6.58 Å². The van der Waals surface area contributed by atoms with Crippen molar-refractivity contribution in [3.05, 3.63) is 23.9 Å². The van der Waals surface area contributed by atoms with Crippen LogP contribution >= 0.6 is 0 Å². The van der Waals surface area contributed by atoms with E-state index in [-0.39, 0.29) is 11.2 Å². The smallest absolute Gasteiger partial charge is 0.235 e. The van der Waals surface area contributed by atoms with Crippen LogP contribution in [0.3, 0.4) is 0 Å². The molecular formula is C21H32N2O2. The van der Waals surface area contributed by atoms with Crippen LogP contribution in [0.25, 0.3) is 0 Å². The van der Waals surface area contributed by atoms with Gasteiger partial charge in [0.05, 0.1) is 5.41 Å². The van der Waals surface area contributed by atoms with E-state index in [1.54, 1.807) is 6.92 Å². The summed E-state index contributed by atoms with van der Waals surface area (Å²) in [5.41, 5.74) is 2.32. The summed E-state index contributed by atoms with van der Waals surface area (Å²) in [6, 6.07) is 0. The van der Waals surface area contributed by atoms with Crippen molar-refractivity contribution in [1.29, 1.82) is 0 Å². The molecule has 2 atom stereocenters. The molecule has 0 aromatic rings. The van der Waals surface area contributed by atoms with E-state index in [2.05, 4.69) is 18.4 Å². The van der Waals surface area contributed by atoms with Gasteiger partial charge < -0.3 is 14.6 Å². The van der Waals surface area contributed by atoms with E-state index in [1.165, 1.54) is 24.1 Å². The SMILES string of the molecule is C=CCN1CC(C)C2(CCCC(CCC(C)=O)=C2N2CCCC2)C1=O. The highest BCUT2D eigenvalue weighted by molar-refractivity contribution is 5.89. The monoisotopic (exact) mass is 344 g/mol. The van der Waals surface area contributed by atoms with Crippen molar-refractivity contribution in [2.75, 3.05) is 26.2 Å². The maximum absolute atomic E-state index is 13.5. The molecule has 4 nitrogen and oxygen atoms in total. The Morgan fingerprint density at radius 2 is 2.04 bits per heavy atom. The third kappa shape index (κ3) is 3.16. The molecule has 4 heteroatoms. The largest absolute Gasteiger partial charge is 0.374 e. The zero-order valence-corrected chi connectivity index (χ0v) is 15.9. The number of amides is 1. The van der Waals surface area contributed by atoms with E-state index >= 15 is 0 Å². The maximum atomic E-state index is 13.5. The molecule has 0 N–H and O–H groups in total. The van der Waals surface area contributed by atoms with Crippen LogP contribution in [-0.2, 0) is 9.59 Å². The first-order valence-electron chi connectivity index (χ1n) is 9.88. The summed E-state index contributed by atoms with van der Waals surface area (Å²) in [5, 5.41) is 0. The van der Waals surface area contributed by atoms with Crippen LogP contribution in [0.1, 0.15) is 58.8 Å². The lowest BCUT2D eigenvalue weighted by molar-refractivity contribution is -0.136. The minimum absolute atomic E-state index is 0.243. The number of hydrogen-bond acceptors (Lipinski definition) is 3. The predicted molar refractivity (Wildman–Crippen MR) is 100.0 cm³/mol. The molecule has 0 aromatic heterocycles. The van der Waals surface area contributed by atoms with Gasteiger partial charge in [0.15, 0.2) is 0 Å². The first kappa shape index (κ1) is 18.2. The molecule has 2 fully saturated rings. The fourth-order valence-electron chi connectivity index (χ4n) is 5.21. The fourth-order valence-corrected chi connectivity index (χ4v) is 5.21. The predicted octanol–water partition coefficient (Wildman–Crippen LogP) is 3.54. The molecule has 0 radical (unpaired) electrons. The summed E-state index contributed by atoms with van der Waals surface area (Å²) >= 11 is 0. The molecule has 2 unspecified atom stereocenters. The van der Waals surface area contributed by atoms with E-state index in [0.717, 1.165) is 45.3 Å². The number of ketones is 1. The lowest BCUT2D eigenvalue weighted by Crippen LogP contribution is -2.45. The maximum Gasteiger partial charge on any atom is 0.235 e. The average Bonchev–Trinajstić information content (AvgIpc) is 3.18. The third-order valence-corrected chi connectivity index (χ3v) is 6.36. The van der Waals surface area contributed by atoms with Gasteiger partial charge >= 0.3 is 0 Å². The molecule has 1 spiro atoms. The molecule has 2 saturated heterocycles. The molecule has 0 aromatic carbocycles. The summed E-state index contributed by atoms with van der Waals surface area (Å²) in [7, 11) is 0. The summed E-state index contributed by atoms with van der Waals surface area (Å²) < 4.78 is 0. The Labute approximate surface area is 151 Å². The van der Waals surface area contributed by atoms with Crippen molar-refractivity contribution in [3.63, 3.8) is 0 Å². The van der Waals surface area contributed by atoms with E-state index < -0.39 is 0 Å². The van der Waals surface area contributed by atoms with Crippen LogP contribution in [0.2, 0.25) is 0 Å². The van der Waals surface area contributed by atoms with Gasteiger partial charge in [-0.3, -0.25) is 4.79 Å². The van der Waals surface area contributed by atoms with E-state index in [0.29, 0.717) is 24.8 Å².